The van der Waals surface area contributed by atoms with Crippen LogP contribution in [-0.2, 0) is 57.0 Å². The lowest BCUT2D eigenvalue weighted by atomic mass is 9.96. The molecule has 0 saturated carbocycles. The van der Waals surface area contributed by atoms with Crippen LogP contribution in [0.1, 0.15) is 64.7 Å². The van der Waals surface area contributed by atoms with Crippen LogP contribution < -0.4 is 16.0 Å². The lowest BCUT2D eigenvalue weighted by Crippen LogP contribution is -2.40. The van der Waals surface area contributed by atoms with Gasteiger partial charge in [0.05, 0.1) is 52.9 Å². The first-order chi connectivity index (χ1) is 26.7. The van der Waals surface area contributed by atoms with Crippen LogP contribution in [-0.4, -0.2) is 112 Å². The molecule has 2 aromatic rings. The molecule has 0 saturated heterocycles. The molecule has 13 nitrogen and oxygen atoms in total. The third-order valence-corrected chi connectivity index (χ3v) is 19.5. The van der Waals surface area contributed by atoms with Gasteiger partial charge in [0, 0.05) is 19.6 Å². The molecule has 0 aliphatic carbocycles. The maximum Gasteiger partial charge on any atom is 0.404 e. The Labute approximate surface area is 343 Å². The average Bonchev–Trinajstić information content (AvgIpc) is 3.13. The van der Waals surface area contributed by atoms with Crippen molar-refractivity contribution in [2.24, 2.45) is 0 Å². The van der Waals surface area contributed by atoms with E-state index in [2.05, 4.69) is 126 Å². The Morgan fingerprint density at radius 3 is 1.58 bits per heavy atom. The summed E-state index contributed by atoms with van der Waals surface area (Å²) in [6.07, 6.45) is 0.458. The van der Waals surface area contributed by atoms with E-state index in [1.807, 2.05) is 0 Å². The highest BCUT2D eigenvalue weighted by molar-refractivity contribution is 6.74. The van der Waals surface area contributed by atoms with Crippen LogP contribution in [0, 0.1) is 0 Å². The normalized spacial score (nSPS) is 12.4. The van der Waals surface area contributed by atoms with Gasteiger partial charge in [-0.3, -0.25) is 9.59 Å². The van der Waals surface area contributed by atoms with E-state index in [0.717, 1.165) is 24.0 Å². The molecule has 0 radical (unpaired) electrons. The fourth-order valence-corrected chi connectivity index (χ4v) is 6.71. The molecule has 3 amide bonds. The number of ether oxygens (including phenoxy) is 4. The third kappa shape index (κ3) is 19.9. The van der Waals surface area contributed by atoms with Crippen LogP contribution >= 0.6 is 0 Å². The second-order valence-corrected chi connectivity index (χ2v) is 26.8. The van der Waals surface area contributed by atoms with E-state index in [-0.39, 0.29) is 74.7 Å². The monoisotopic (exact) mass is 833 g/mol. The molecule has 15 heteroatoms. The lowest BCUT2D eigenvalue weighted by molar-refractivity contribution is -0.127. The van der Waals surface area contributed by atoms with Crippen molar-refractivity contribution in [3.8, 4) is 11.1 Å². The van der Waals surface area contributed by atoms with Gasteiger partial charge in [0.15, 0.2) is 16.6 Å². The highest BCUT2D eigenvalue weighted by Gasteiger charge is 2.38. The van der Waals surface area contributed by atoms with Gasteiger partial charge in [0.2, 0.25) is 11.8 Å². The van der Waals surface area contributed by atoms with E-state index < -0.39 is 22.7 Å². The van der Waals surface area contributed by atoms with E-state index in [4.69, 9.17) is 32.9 Å². The molecule has 0 heterocycles. The Morgan fingerprint density at radius 1 is 0.579 bits per heavy atom. The van der Waals surface area contributed by atoms with Crippen LogP contribution in [0.25, 0.3) is 11.1 Å². The van der Waals surface area contributed by atoms with Crippen molar-refractivity contribution in [2.45, 2.75) is 104 Å². The number of rotatable bonds is 27. The van der Waals surface area contributed by atoms with Gasteiger partial charge in [0.1, 0.15) is 13.2 Å². The van der Waals surface area contributed by atoms with Gasteiger partial charge < -0.3 is 48.9 Å². The van der Waals surface area contributed by atoms with Gasteiger partial charge in [-0.25, -0.2) is 4.79 Å². The quantitative estimate of drug-likeness (QED) is 0.0551. The SMILES string of the molecule is CC(C)(C)[Si](C)(C)OCc1ccc(-c2ccc(CO[Si](C)(C)C(C)(C)C)c(CCCNC(=O)COCCOCCNC(=O)COCCOCCNC(=O)O)c2)cc1. The molecule has 0 atom stereocenters. The Balaban J connectivity index is 1.76. The number of benzene rings is 2. The highest BCUT2D eigenvalue weighted by Crippen LogP contribution is 2.38. The largest absolute Gasteiger partial charge is 0.465 e. The zero-order chi connectivity index (χ0) is 42.5. The summed E-state index contributed by atoms with van der Waals surface area (Å²) in [5.41, 5.74) is 5.87. The smallest absolute Gasteiger partial charge is 0.404 e. The Bertz CT molecular complexity index is 1510. The summed E-state index contributed by atoms with van der Waals surface area (Å²) in [6.45, 7) is 26.2. The topological polar surface area (TPSA) is 163 Å². The molecule has 0 fully saturated rings. The molecule has 57 heavy (non-hydrogen) atoms. The first-order valence-electron chi connectivity index (χ1n) is 20.0. The number of carbonyl (C=O) groups excluding carboxylic acids is 2. The van der Waals surface area contributed by atoms with Crippen LogP contribution in [0.5, 0.6) is 0 Å². The van der Waals surface area contributed by atoms with Gasteiger partial charge >= 0.3 is 6.09 Å². The lowest BCUT2D eigenvalue weighted by Gasteiger charge is -2.36. The molecule has 0 aliphatic heterocycles. The average molecular weight is 834 g/mol. The summed E-state index contributed by atoms with van der Waals surface area (Å²) in [5, 5.41) is 16.6. The van der Waals surface area contributed by atoms with Crippen molar-refractivity contribution in [2.75, 3.05) is 72.5 Å². The zero-order valence-electron chi connectivity index (χ0n) is 36.3. The van der Waals surface area contributed by atoms with E-state index in [1.54, 1.807) is 0 Å². The summed E-state index contributed by atoms with van der Waals surface area (Å²) in [4.78, 5) is 34.6. The number of aryl methyl sites for hydroxylation is 1. The van der Waals surface area contributed by atoms with Gasteiger partial charge in [-0.1, -0.05) is 84.0 Å². The van der Waals surface area contributed by atoms with E-state index in [1.165, 1.54) is 16.7 Å². The summed E-state index contributed by atoms with van der Waals surface area (Å²) < 4.78 is 34.4. The van der Waals surface area contributed by atoms with Crippen LogP contribution in [0.3, 0.4) is 0 Å². The first kappa shape index (κ1) is 50.0. The molecule has 2 rings (SSSR count). The molecule has 0 unspecified atom stereocenters. The summed E-state index contributed by atoms with van der Waals surface area (Å²) in [6, 6.07) is 15.3. The number of hydrogen-bond donors (Lipinski definition) is 4. The van der Waals surface area contributed by atoms with Crippen molar-refractivity contribution in [1.82, 2.24) is 16.0 Å². The standard InChI is InChI=1S/C42H71N3O10Si2/c1-41(2,3)56(7,8)54-29-33-13-15-34(16-14-33)36-17-18-37(30-55-57(9,10)42(4,5)6)35(28-36)12-11-19-43-38(46)31-52-26-24-50-22-20-44-39(47)32-53-27-25-51-23-21-45-40(48)49/h13-18,28,45H,11-12,19-27,29-32H2,1-10H3,(H,43,46)(H,44,47)(H,48,49). The Morgan fingerprint density at radius 2 is 1.05 bits per heavy atom. The summed E-state index contributed by atoms with van der Waals surface area (Å²) in [7, 11) is -3.78. The Kier molecular flexibility index (Phi) is 21.7. The fraction of sp³-hybridized carbons (Fsp3) is 0.643. The molecule has 0 bridgehead atoms. The molecular weight excluding hydrogens is 763 g/mol. The number of carboxylic acid groups (broad SMARTS) is 1. The minimum Gasteiger partial charge on any atom is -0.465 e. The van der Waals surface area contributed by atoms with Gasteiger partial charge in [0.25, 0.3) is 0 Å². The maximum atomic E-state index is 12.5. The Hall–Kier alpha value is -3.16. The second-order valence-electron chi connectivity index (χ2n) is 17.1. The number of carbonyl (C=O) groups is 3. The zero-order valence-corrected chi connectivity index (χ0v) is 38.3. The number of hydrogen-bond acceptors (Lipinski definition) is 9. The van der Waals surface area contributed by atoms with Gasteiger partial charge in [-0.05, 0) is 76.9 Å². The molecule has 0 aliphatic rings. The van der Waals surface area contributed by atoms with Crippen molar-refractivity contribution in [3.63, 3.8) is 0 Å². The molecular formula is C42H71N3O10Si2. The van der Waals surface area contributed by atoms with E-state index in [9.17, 15) is 14.4 Å². The van der Waals surface area contributed by atoms with Crippen molar-refractivity contribution in [1.29, 1.82) is 0 Å². The van der Waals surface area contributed by atoms with Crippen molar-refractivity contribution < 1.29 is 47.3 Å². The second kappa shape index (κ2) is 24.7. The van der Waals surface area contributed by atoms with E-state index in [0.29, 0.717) is 32.9 Å². The minimum absolute atomic E-state index is 0.0603. The number of nitrogens with one attached hydrogen (secondary N) is 3. The predicted molar refractivity (Wildman–Crippen MR) is 229 cm³/mol. The fourth-order valence-electron chi connectivity index (χ4n) is 4.80. The van der Waals surface area contributed by atoms with Crippen LogP contribution in [0.2, 0.25) is 36.3 Å². The third-order valence-electron chi connectivity index (χ3n) is 10.5. The van der Waals surface area contributed by atoms with Crippen LogP contribution in [0.4, 0.5) is 4.79 Å². The van der Waals surface area contributed by atoms with Gasteiger partial charge in [-0.2, -0.15) is 0 Å². The molecule has 4 N–H and O–H groups in total. The first-order valence-corrected chi connectivity index (χ1v) is 25.8. The van der Waals surface area contributed by atoms with Crippen molar-refractivity contribution in [3.05, 3.63) is 59.2 Å². The van der Waals surface area contributed by atoms with Crippen molar-refractivity contribution >= 4 is 34.5 Å². The number of amides is 3. The predicted octanol–water partition coefficient (Wildman–Crippen LogP) is 6.90. The highest BCUT2D eigenvalue weighted by atomic mass is 28.4. The molecule has 322 valence electrons. The molecule has 2 aromatic carbocycles. The maximum absolute atomic E-state index is 12.5. The summed E-state index contributed by atoms with van der Waals surface area (Å²) >= 11 is 0. The summed E-state index contributed by atoms with van der Waals surface area (Å²) in [5.74, 6) is -0.464. The minimum atomic E-state index is -1.95. The molecule has 0 spiro atoms. The molecule has 0 aromatic heterocycles. The van der Waals surface area contributed by atoms with Crippen LogP contribution in [0.15, 0.2) is 42.5 Å². The van der Waals surface area contributed by atoms with Gasteiger partial charge in [-0.15, -0.1) is 0 Å². The van der Waals surface area contributed by atoms with E-state index >= 15 is 0 Å².